The minimum absolute atomic E-state index is 0.0129. The van der Waals surface area contributed by atoms with Gasteiger partial charge in [-0.3, -0.25) is 19.1 Å². The SMILES string of the molecule is O=C(Cc1cccc(OC(F)(F)F)c1)Nc1ccn(CCCCn2cc(C(=O)NCc3cccc(OC(F)(F)F)c3)nn2)c(=O)c1. The molecule has 46 heavy (non-hydrogen) atoms. The van der Waals surface area contributed by atoms with E-state index in [-0.39, 0.29) is 35.5 Å². The van der Waals surface area contributed by atoms with E-state index < -0.39 is 36.0 Å². The molecule has 2 aromatic carbocycles. The van der Waals surface area contributed by atoms with E-state index in [0.29, 0.717) is 31.5 Å². The molecule has 2 N–H and O–H groups in total. The normalized spacial score (nSPS) is 11.6. The highest BCUT2D eigenvalue weighted by atomic mass is 19.4. The molecule has 0 fully saturated rings. The quantitative estimate of drug-likeness (QED) is 0.156. The van der Waals surface area contributed by atoms with Crippen LogP contribution in [0.5, 0.6) is 11.5 Å². The van der Waals surface area contributed by atoms with Crippen molar-refractivity contribution in [3.8, 4) is 11.5 Å². The third kappa shape index (κ3) is 11.0. The van der Waals surface area contributed by atoms with Gasteiger partial charge >= 0.3 is 12.7 Å². The van der Waals surface area contributed by atoms with Crippen LogP contribution in [0.4, 0.5) is 32.0 Å². The van der Waals surface area contributed by atoms with Gasteiger partial charge in [-0.1, -0.05) is 29.5 Å². The van der Waals surface area contributed by atoms with E-state index >= 15 is 0 Å². The molecule has 0 aliphatic rings. The first-order chi connectivity index (χ1) is 21.7. The second-order valence-electron chi connectivity index (χ2n) is 9.82. The van der Waals surface area contributed by atoms with Crippen molar-refractivity contribution in [3.05, 3.63) is 100 Å². The number of ether oxygens (including phenoxy) is 2. The average molecular weight is 653 g/mol. The Labute approximate surface area is 256 Å². The molecular weight excluding hydrogens is 626 g/mol. The fourth-order valence-electron chi connectivity index (χ4n) is 4.21. The number of unbranched alkanes of at least 4 members (excludes halogenated alkanes) is 1. The summed E-state index contributed by atoms with van der Waals surface area (Å²) in [6, 6.07) is 13.0. The molecule has 0 aliphatic heterocycles. The Morgan fingerprint density at radius 1 is 0.826 bits per heavy atom. The lowest BCUT2D eigenvalue weighted by atomic mass is 10.1. The fraction of sp³-hybridized carbons (Fsp3) is 0.276. The number of benzene rings is 2. The number of rotatable bonds is 13. The van der Waals surface area contributed by atoms with E-state index in [4.69, 9.17) is 0 Å². The maximum Gasteiger partial charge on any atom is 0.573 e. The average Bonchev–Trinajstić information content (AvgIpc) is 3.43. The first-order valence-corrected chi connectivity index (χ1v) is 13.6. The number of aromatic nitrogens is 4. The molecular formula is C29H26F6N6O5. The first kappa shape index (κ1) is 33.5. The van der Waals surface area contributed by atoms with Gasteiger partial charge in [-0.25, -0.2) is 0 Å². The zero-order chi connectivity index (χ0) is 33.3. The first-order valence-electron chi connectivity index (χ1n) is 13.6. The van der Waals surface area contributed by atoms with Crippen LogP contribution in [0.1, 0.15) is 34.5 Å². The zero-order valence-corrected chi connectivity index (χ0v) is 23.8. The second kappa shape index (κ2) is 14.6. The molecule has 4 rings (SSSR count). The summed E-state index contributed by atoms with van der Waals surface area (Å²) in [6.45, 7) is 0.667. The molecule has 0 aliphatic carbocycles. The number of hydrogen-bond donors (Lipinski definition) is 2. The maximum atomic E-state index is 12.5. The zero-order valence-electron chi connectivity index (χ0n) is 23.8. The molecule has 4 aromatic rings. The number of aryl methyl sites for hydroxylation is 2. The Bertz CT molecular complexity index is 1720. The number of pyridine rings is 1. The van der Waals surface area contributed by atoms with Gasteiger partial charge in [-0.15, -0.1) is 31.4 Å². The van der Waals surface area contributed by atoms with Gasteiger partial charge in [0.15, 0.2) is 5.69 Å². The van der Waals surface area contributed by atoms with Gasteiger partial charge in [0.2, 0.25) is 5.91 Å². The number of amides is 2. The molecule has 0 spiro atoms. The van der Waals surface area contributed by atoms with Gasteiger partial charge < -0.3 is 24.7 Å². The largest absolute Gasteiger partial charge is 0.573 e. The number of carbonyl (C=O) groups is 2. The van der Waals surface area contributed by atoms with E-state index in [1.165, 1.54) is 58.0 Å². The Balaban J connectivity index is 1.19. The van der Waals surface area contributed by atoms with Gasteiger partial charge in [-0.05, 0) is 54.3 Å². The van der Waals surface area contributed by atoms with Gasteiger partial charge in [0, 0.05) is 37.6 Å². The summed E-state index contributed by atoms with van der Waals surface area (Å²) < 4.78 is 85.1. The highest BCUT2D eigenvalue weighted by Gasteiger charge is 2.31. The molecule has 244 valence electrons. The Kier molecular flexibility index (Phi) is 10.7. The molecule has 17 heteroatoms. The molecule has 0 unspecified atom stereocenters. The lowest BCUT2D eigenvalue weighted by Crippen LogP contribution is -2.23. The van der Waals surface area contributed by atoms with Crippen molar-refractivity contribution in [2.75, 3.05) is 5.32 Å². The van der Waals surface area contributed by atoms with Crippen LogP contribution in [0.15, 0.2) is 77.9 Å². The molecule has 2 aromatic heterocycles. The lowest BCUT2D eigenvalue weighted by molar-refractivity contribution is -0.275. The Hall–Kier alpha value is -5.35. The van der Waals surface area contributed by atoms with Crippen LogP contribution in [-0.2, 0) is 30.8 Å². The van der Waals surface area contributed by atoms with E-state index in [9.17, 15) is 40.7 Å². The lowest BCUT2D eigenvalue weighted by Gasteiger charge is -2.11. The fourth-order valence-corrected chi connectivity index (χ4v) is 4.21. The number of hydrogen-bond acceptors (Lipinski definition) is 7. The Morgan fingerprint density at radius 2 is 1.46 bits per heavy atom. The molecule has 0 radical (unpaired) electrons. The van der Waals surface area contributed by atoms with Crippen molar-refractivity contribution in [3.63, 3.8) is 0 Å². The van der Waals surface area contributed by atoms with Crippen LogP contribution >= 0.6 is 0 Å². The van der Waals surface area contributed by atoms with E-state index in [1.54, 1.807) is 0 Å². The highest BCUT2D eigenvalue weighted by molar-refractivity contribution is 5.92. The van der Waals surface area contributed by atoms with Gasteiger partial charge in [0.25, 0.3) is 11.5 Å². The van der Waals surface area contributed by atoms with Crippen molar-refractivity contribution in [1.29, 1.82) is 0 Å². The number of nitrogens with zero attached hydrogens (tertiary/aromatic N) is 4. The van der Waals surface area contributed by atoms with Crippen molar-refractivity contribution >= 4 is 17.5 Å². The number of nitrogens with one attached hydrogen (secondary N) is 2. The maximum absolute atomic E-state index is 12.5. The molecule has 11 nitrogen and oxygen atoms in total. The van der Waals surface area contributed by atoms with E-state index in [2.05, 4.69) is 30.4 Å². The topological polar surface area (TPSA) is 129 Å². The second-order valence-corrected chi connectivity index (χ2v) is 9.82. The molecule has 0 atom stereocenters. The highest BCUT2D eigenvalue weighted by Crippen LogP contribution is 2.24. The van der Waals surface area contributed by atoms with Crippen LogP contribution in [0.2, 0.25) is 0 Å². The number of anilines is 1. The van der Waals surface area contributed by atoms with Crippen LogP contribution < -0.4 is 25.7 Å². The molecule has 2 amide bonds. The van der Waals surface area contributed by atoms with E-state index in [0.717, 1.165) is 24.3 Å². The summed E-state index contributed by atoms with van der Waals surface area (Å²) in [5.74, 6) is -1.96. The predicted octanol–water partition coefficient (Wildman–Crippen LogP) is 4.83. The smallest absolute Gasteiger partial charge is 0.406 e. The molecule has 0 saturated heterocycles. The molecule has 0 bridgehead atoms. The van der Waals surface area contributed by atoms with Crippen LogP contribution in [0, 0.1) is 0 Å². The van der Waals surface area contributed by atoms with Crippen LogP contribution in [-0.4, -0.2) is 44.1 Å². The Morgan fingerprint density at radius 3 is 2.11 bits per heavy atom. The number of carbonyl (C=O) groups excluding carboxylic acids is 2. The third-order valence-electron chi connectivity index (χ3n) is 6.17. The van der Waals surface area contributed by atoms with Gasteiger partial charge in [0.05, 0.1) is 12.6 Å². The monoisotopic (exact) mass is 652 g/mol. The molecule has 2 heterocycles. The summed E-state index contributed by atoms with van der Waals surface area (Å²) in [5.41, 5.74) is 0.534. The van der Waals surface area contributed by atoms with Crippen molar-refractivity contribution in [2.24, 2.45) is 0 Å². The van der Waals surface area contributed by atoms with Crippen LogP contribution in [0.25, 0.3) is 0 Å². The van der Waals surface area contributed by atoms with Gasteiger partial charge in [0.1, 0.15) is 11.5 Å². The minimum atomic E-state index is -4.86. The van der Waals surface area contributed by atoms with E-state index in [1.807, 2.05) is 0 Å². The summed E-state index contributed by atoms with van der Waals surface area (Å²) in [7, 11) is 0. The summed E-state index contributed by atoms with van der Waals surface area (Å²) in [6.07, 6.45) is -5.89. The minimum Gasteiger partial charge on any atom is -0.406 e. The standard InChI is InChI=1S/C29H26F6N6O5/c30-28(31,32)45-22-7-3-5-19(13-22)15-25(42)37-21-9-12-40(26(43)16-21)10-1-2-11-41-18-24(38-39-41)27(44)36-17-20-6-4-8-23(14-20)46-29(33,34)35/h3-9,12-14,16,18H,1-2,10-11,15,17H2,(H,36,44)(H,37,42). The van der Waals surface area contributed by atoms with Crippen molar-refractivity contribution in [1.82, 2.24) is 24.9 Å². The summed E-state index contributed by atoms with van der Waals surface area (Å²) in [4.78, 5) is 37.3. The third-order valence-corrected chi connectivity index (χ3v) is 6.17. The van der Waals surface area contributed by atoms with Gasteiger partial charge in [-0.2, -0.15) is 0 Å². The van der Waals surface area contributed by atoms with Crippen LogP contribution in [0.3, 0.4) is 0 Å². The summed E-state index contributed by atoms with van der Waals surface area (Å²) >= 11 is 0. The molecule has 0 saturated carbocycles. The summed E-state index contributed by atoms with van der Waals surface area (Å²) in [5, 5.41) is 12.8. The predicted molar refractivity (Wildman–Crippen MR) is 150 cm³/mol. The number of alkyl halides is 6. The number of halogens is 6. The van der Waals surface area contributed by atoms with Crippen molar-refractivity contribution in [2.45, 2.75) is 51.6 Å². The van der Waals surface area contributed by atoms with Crippen molar-refractivity contribution < 1.29 is 45.4 Å².